The molecule has 1 aliphatic heterocycles. The molecule has 0 aromatic carbocycles. The Balaban J connectivity index is 1.67. The van der Waals surface area contributed by atoms with Crippen LogP contribution < -0.4 is 0 Å². The van der Waals surface area contributed by atoms with Gasteiger partial charge < -0.3 is 14.7 Å². The molecular formula is C13H14N4O4S. The van der Waals surface area contributed by atoms with Crippen molar-refractivity contribution >= 4 is 23.2 Å². The number of morpholine rings is 1. The quantitative estimate of drug-likeness (QED) is 0.870. The molecule has 1 aliphatic rings. The summed E-state index contributed by atoms with van der Waals surface area (Å²) in [7, 11) is 0. The molecule has 0 radical (unpaired) electrons. The van der Waals surface area contributed by atoms with Crippen molar-refractivity contribution in [1.29, 1.82) is 0 Å². The summed E-state index contributed by atoms with van der Waals surface area (Å²) in [5, 5.41) is 18.8. The molecule has 1 N–H and O–H groups in total. The molecule has 2 aromatic rings. The number of carboxylic acids is 1. The molecule has 8 nitrogen and oxygen atoms in total. The largest absolute Gasteiger partial charge is 0.479 e. The minimum absolute atomic E-state index is 0.0198. The van der Waals surface area contributed by atoms with Crippen LogP contribution in [0, 0.1) is 0 Å². The zero-order chi connectivity index (χ0) is 15.5. The van der Waals surface area contributed by atoms with Gasteiger partial charge in [0.15, 0.2) is 11.8 Å². The highest BCUT2D eigenvalue weighted by atomic mass is 32.1. The Morgan fingerprint density at radius 2 is 2.36 bits per heavy atom. The Kier molecular flexibility index (Phi) is 4.16. The summed E-state index contributed by atoms with van der Waals surface area (Å²) >= 11 is 1.60. The monoisotopic (exact) mass is 322 g/mol. The van der Waals surface area contributed by atoms with Crippen LogP contribution in [0.2, 0.25) is 0 Å². The predicted molar refractivity (Wildman–Crippen MR) is 76.7 cm³/mol. The molecule has 3 heterocycles. The van der Waals surface area contributed by atoms with Crippen LogP contribution in [0.1, 0.15) is 15.4 Å². The third kappa shape index (κ3) is 3.15. The number of aliphatic carboxylic acids is 1. The van der Waals surface area contributed by atoms with E-state index in [9.17, 15) is 9.59 Å². The smallest absolute Gasteiger partial charge is 0.334 e. The zero-order valence-electron chi connectivity index (χ0n) is 11.6. The van der Waals surface area contributed by atoms with Crippen molar-refractivity contribution in [2.45, 2.75) is 12.6 Å². The Morgan fingerprint density at radius 3 is 3.09 bits per heavy atom. The lowest BCUT2D eigenvalue weighted by Crippen LogP contribution is -2.48. The Bertz CT molecular complexity index is 669. The molecule has 0 bridgehead atoms. The molecule has 0 spiro atoms. The van der Waals surface area contributed by atoms with Crippen LogP contribution in [0.4, 0.5) is 0 Å². The van der Waals surface area contributed by atoms with Gasteiger partial charge in [0.1, 0.15) is 0 Å². The van der Waals surface area contributed by atoms with Gasteiger partial charge in [-0.3, -0.25) is 4.79 Å². The first-order chi connectivity index (χ1) is 10.6. The van der Waals surface area contributed by atoms with Gasteiger partial charge in [-0.1, -0.05) is 11.3 Å². The molecule has 1 saturated heterocycles. The van der Waals surface area contributed by atoms with Gasteiger partial charge >= 0.3 is 5.97 Å². The number of carbonyl (C=O) groups excluding carboxylic acids is 1. The van der Waals surface area contributed by atoms with Gasteiger partial charge in [0.2, 0.25) is 0 Å². The maximum absolute atomic E-state index is 12.3. The van der Waals surface area contributed by atoms with Crippen LogP contribution in [-0.2, 0) is 16.1 Å². The van der Waals surface area contributed by atoms with Crippen LogP contribution in [-0.4, -0.2) is 62.7 Å². The van der Waals surface area contributed by atoms with Gasteiger partial charge in [-0.25, -0.2) is 9.48 Å². The molecule has 116 valence electrons. The van der Waals surface area contributed by atoms with E-state index in [1.807, 2.05) is 17.5 Å². The summed E-state index contributed by atoms with van der Waals surface area (Å²) in [6, 6.07) is 3.93. The average Bonchev–Trinajstić information content (AvgIpc) is 3.19. The molecule has 1 fully saturated rings. The van der Waals surface area contributed by atoms with E-state index in [0.29, 0.717) is 13.1 Å². The standard InChI is InChI=1S/C13H14N4O4S/c18-12(16-3-4-21-11(8-16)13(19)20)10-7-17(15-14-10)6-9-2-1-5-22-9/h1-2,5,7,11H,3-4,6,8H2,(H,19,20). The Hall–Kier alpha value is -2.26. The topological polar surface area (TPSA) is 97.6 Å². The van der Waals surface area contributed by atoms with Crippen molar-refractivity contribution in [3.05, 3.63) is 34.3 Å². The maximum Gasteiger partial charge on any atom is 0.334 e. The van der Waals surface area contributed by atoms with Gasteiger partial charge in [-0.15, -0.1) is 16.4 Å². The second-order valence-corrected chi connectivity index (χ2v) is 5.86. The second-order valence-electron chi connectivity index (χ2n) is 4.83. The lowest BCUT2D eigenvalue weighted by Gasteiger charge is -2.30. The van der Waals surface area contributed by atoms with E-state index in [1.165, 1.54) is 4.90 Å². The number of rotatable bonds is 4. The molecular weight excluding hydrogens is 308 g/mol. The number of ether oxygens (including phenoxy) is 1. The first-order valence-electron chi connectivity index (χ1n) is 6.69. The number of carboxylic acid groups (broad SMARTS) is 1. The van der Waals surface area contributed by atoms with E-state index in [2.05, 4.69) is 10.3 Å². The van der Waals surface area contributed by atoms with E-state index in [1.54, 1.807) is 22.2 Å². The molecule has 1 unspecified atom stereocenters. The lowest BCUT2D eigenvalue weighted by molar-refractivity contribution is -0.154. The third-order valence-corrected chi connectivity index (χ3v) is 4.15. The van der Waals surface area contributed by atoms with E-state index in [0.717, 1.165) is 4.88 Å². The molecule has 0 aliphatic carbocycles. The summed E-state index contributed by atoms with van der Waals surface area (Å²) in [5.41, 5.74) is 0.211. The van der Waals surface area contributed by atoms with Gasteiger partial charge in [-0.2, -0.15) is 0 Å². The highest BCUT2D eigenvalue weighted by molar-refractivity contribution is 7.09. The van der Waals surface area contributed by atoms with E-state index in [4.69, 9.17) is 9.84 Å². The SMILES string of the molecule is O=C(O)C1CN(C(=O)c2cn(Cc3cccs3)nn2)CCO1. The average molecular weight is 322 g/mol. The molecule has 0 saturated carbocycles. The summed E-state index contributed by atoms with van der Waals surface area (Å²) in [6.45, 7) is 1.12. The highest BCUT2D eigenvalue weighted by Gasteiger charge is 2.30. The molecule has 22 heavy (non-hydrogen) atoms. The van der Waals surface area contributed by atoms with Crippen LogP contribution >= 0.6 is 11.3 Å². The first kappa shape index (κ1) is 14.7. The van der Waals surface area contributed by atoms with Crippen molar-refractivity contribution in [1.82, 2.24) is 19.9 Å². The van der Waals surface area contributed by atoms with Crippen molar-refractivity contribution in [2.75, 3.05) is 19.7 Å². The van der Waals surface area contributed by atoms with E-state index < -0.39 is 12.1 Å². The first-order valence-corrected chi connectivity index (χ1v) is 7.57. The van der Waals surface area contributed by atoms with Gasteiger partial charge in [-0.05, 0) is 11.4 Å². The summed E-state index contributed by atoms with van der Waals surface area (Å²) in [6.07, 6.45) is 0.590. The van der Waals surface area contributed by atoms with Gasteiger partial charge in [0.05, 0.1) is 25.9 Å². The lowest BCUT2D eigenvalue weighted by atomic mass is 10.2. The molecule has 1 amide bonds. The van der Waals surface area contributed by atoms with Crippen LogP contribution in [0.15, 0.2) is 23.7 Å². The fourth-order valence-electron chi connectivity index (χ4n) is 2.18. The summed E-state index contributed by atoms with van der Waals surface area (Å²) in [4.78, 5) is 25.8. The highest BCUT2D eigenvalue weighted by Crippen LogP contribution is 2.12. The number of hydrogen-bond acceptors (Lipinski definition) is 6. The third-order valence-electron chi connectivity index (χ3n) is 3.28. The number of nitrogens with zero attached hydrogens (tertiary/aromatic N) is 4. The van der Waals surface area contributed by atoms with Crippen LogP contribution in [0.5, 0.6) is 0 Å². The minimum Gasteiger partial charge on any atom is -0.479 e. The second kappa shape index (κ2) is 6.24. The van der Waals surface area contributed by atoms with E-state index in [-0.39, 0.29) is 24.8 Å². The fraction of sp³-hybridized carbons (Fsp3) is 0.385. The number of amides is 1. The maximum atomic E-state index is 12.3. The number of aromatic nitrogens is 3. The van der Waals surface area contributed by atoms with Crippen LogP contribution in [0.25, 0.3) is 0 Å². The zero-order valence-corrected chi connectivity index (χ0v) is 12.4. The molecule has 3 rings (SSSR count). The molecule has 2 aromatic heterocycles. The fourth-order valence-corrected chi connectivity index (χ4v) is 2.88. The van der Waals surface area contributed by atoms with Crippen molar-refractivity contribution < 1.29 is 19.4 Å². The van der Waals surface area contributed by atoms with Gasteiger partial charge in [0, 0.05) is 11.4 Å². The Labute approximate surface area is 129 Å². The summed E-state index contributed by atoms with van der Waals surface area (Å²) in [5.74, 6) is -1.40. The molecule has 9 heteroatoms. The number of thiophene rings is 1. The van der Waals surface area contributed by atoms with Crippen molar-refractivity contribution in [3.8, 4) is 0 Å². The van der Waals surface area contributed by atoms with Gasteiger partial charge in [0.25, 0.3) is 5.91 Å². The van der Waals surface area contributed by atoms with Crippen molar-refractivity contribution in [2.24, 2.45) is 0 Å². The minimum atomic E-state index is -1.07. The normalized spacial score (nSPS) is 18.4. The van der Waals surface area contributed by atoms with Crippen LogP contribution in [0.3, 0.4) is 0 Å². The molecule has 1 atom stereocenters. The predicted octanol–water partition coefficient (Wildman–Crippen LogP) is 0.313. The van der Waals surface area contributed by atoms with E-state index >= 15 is 0 Å². The Morgan fingerprint density at radius 1 is 1.50 bits per heavy atom. The van der Waals surface area contributed by atoms with Crippen molar-refractivity contribution in [3.63, 3.8) is 0 Å². The number of carbonyl (C=O) groups is 2. The summed E-state index contributed by atoms with van der Waals surface area (Å²) < 4.78 is 6.69. The number of hydrogen-bond donors (Lipinski definition) is 1.